The van der Waals surface area contributed by atoms with Crippen molar-refractivity contribution in [1.82, 2.24) is 10.6 Å². The molecule has 4 saturated heterocycles. The first kappa shape index (κ1) is 47.3. The fourth-order valence-corrected chi connectivity index (χ4v) is 7.04. The lowest BCUT2D eigenvalue weighted by atomic mass is 9.88. The topological polar surface area (TPSA) is 423 Å². The number of aliphatic carboxylic acids is 1. The molecule has 1 unspecified atom stereocenters. The van der Waals surface area contributed by atoms with E-state index in [1.54, 1.807) is 0 Å². The van der Waals surface area contributed by atoms with Crippen LogP contribution in [0.25, 0.3) is 0 Å². The van der Waals surface area contributed by atoms with E-state index in [0.717, 1.165) is 13.8 Å². The number of rotatable bonds is 15. The zero-order valence-electron chi connectivity index (χ0n) is 30.4. The summed E-state index contributed by atoms with van der Waals surface area (Å²) in [5, 5.41) is 151. The van der Waals surface area contributed by atoms with Crippen molar-refractivity contribution in [3.8, 4) is 0 Å². The standard InChI is InChI=1S/C31H52N2O24/c1-8(38)32-15-10(40)3-31(30(49)50,56-24(15)17(42)11(41)4-34)57-25-19(44)13(6-36)52-29(22(25)47)54-23-14(7-37)53-28(16(20(23)45)33-9(2)39)55-26-21(46)18(43)12(5-35)51-27(26)48/h10-29,34-37,40-48H,3-7H2,1-2H3,(H,32,38)(H,33,39)(H,49,50)/t10-,11+,12+,13+,14+,15+,16+,17+,18+,19-,20+,21-,22+,23+,24+,25-,26?,27-,28-,29-,31-/m0/s1. The summed E-state index contributed by atoms with van der Waals surface area (Å²) >= 11 is 0. The quantitative estimate of drug-likeness (QED) is 0.0728. The molecule has 21 atom stereocenters. The minimum Gasteiger partial charge on any atom is -0.477 e. The number of aliphatic hydroxyl groups is 13. The molecular formula is C31H52N2O24. The normalized spacial score (nSPS) is 45.1. The van der Waals surface area contributed by atoms with E-state index >= 15 is 0 Å². The number of ether oxygens (including phenoxy) is 7. The number of carbonyl (C=O) groups excluding carboxylic acids is 2. The average molecular weight is 837 g/mol. The van der Waals surface area contributed by atoms with Crippen LogP contribution in [0.5, 0.6) is 0 Å². The number of carboxylic acid groups (broad SMARTS) is 1. The minimum absolute atomic E-state index is 0.787. The summed E-state index contributed by atoms with van der Waals surface area (Å²) in [6, 6.07) is -3.30. The lowest BCUT2D eigenvalue weighted by molar-refractivity contribution is -0.387. The van der Waals surface area contributed by atoms with Crippen LogP contribution < -0.4 is 10.6 Å². The predicted octanol–water partition coefficient (Wildman–Crippen LogP) is -10.3. The van der Waals surface area contributed by atoms with Crippen molar-refractivity contribution in [3.63, 3.8) is 0 Å². The van der Waals surface area contributed by atoms with Crippen LogP contribution in [0.1, 0.15) is 20.3 Å². The van der Waals surface area contributed by atoms with Gasteiger partial charge < -0.3 is 115 Å². The number of carboxylic acids is 1. The Morgan fingerprint density at radius 2 is 1.23 bits per heavy atom. The maximum absolute atomic E-state index is 12.8. The molecule has 0 saturated carbocycles. The molecule has 0 aromatic carbocycles. The fourth-order valence-electron chi connectivity index (χ4n) is 7.04. The molecule has 4 rings (SSSR count). The predicted molar refractivity (Wildman–Crippen MR) is 174 cm³/mol. The van der Waals surface area contributed by atoms with E-state index in [1.807, 2.05) is 0 Å². The Balaban J connectivity index is 1.62. The Morgan fingerprint density at radius 1 is 0.684 bits per heavy atom. The summed E-state index contributed by atoms with van der Waals surface area (Å²) in [6.07, 6.45) is -36.1. The minimum atomic E-state index is -3.12. The molecule has 0 aromatic rings. The van der Waals surface area contributed by atoms with E-state index in [9.17, 15) is 85.9 Å². The summed E-state index contributed by atoms with van der Waals surface area (Å²) in [7, 11) is 0. The summed E-state index contributed by atoms with van der Waals surface area (Å²) in [6.45, 7) is -1.94. The van der Waals surface area contributed by atoms with Crippen molar-refractivity contribution in [2.45, 2.75) is 149 Å². The molecule has 330 valence electrons. The van der Waals surface area contributed by atoms with E-state index in [1.165, 1.54) is 0 Å². The summed E-state index contributed by atoms with van der Waals surface area (Å²) in [5.74, 6) is -6.74. The first-order valence-electron chi connectivity index (χ1n) is 17.7. The van der Waals surface area contributed by atoms with Crippen LogP contribution >= 0.6 is 0 Å². The molecule has 0 spiro atoms. The number of aliphatic hydroxyl groups excluding tert-OH is 13. The molecule has 26 heteroatoms. The Morgan fingerprint density at radius 3 is 1.77 bits per heavy atom. The second kappa shape index (κ2) is 19.8. The maximum Gasteiger partial charge on any atom is 0.364 e. The zero-order chi connectivity index (χ0) is 42.7. The number of nitrogens with one attached hydrogen (secondary N) is 2. The van der Waals surface area contributed by atoms with Crippen LogP contribution in [0, 0.1) is 0 Å². The first-order valence-corrected chi connectivity index (χ1v) is 17.7. The second-order valence-electron chi connectivity index (χ2n) is 14.0. The van der Waals surface area contributed by atoms with Gasteiger partial charge in [0, 0.05) is 20.3 Å². The van der Waals surface area contributed by atoms with Crippen molar-refractivity contribution in [2.75, 3.05) is 26.4 Å². The van der Waals surface area contributed by atoms with Crippen molar-refractivity contribution in [1.29, 1.82) is 0 Å². The fraction of sp³-hybridized carbons (Fsp3) is 0.903. The zero-order valence-corrected chi connectivity index (χ0v) is 30.4. The van der Waals surface area contributed by atoms with E-state index in [4.69, 9.17) is 33.2 Å². The van der Waals surface area contributed by atoms with Crippen LogP contribution in [0.2, 0.25) is 0 Å². The second-order valence-corrected chi connectivity index (χ2v) is 14.0. The van der Waals surface area contributed by atoms with Crippen LogP contribution in [-0.4, -0.2) is 244 Å². The molecule has 4 aliphatic rings. The number of hydrogen-bond acceptors (Lipinski definition) is 23. The molecule has 0 radical (unpaired) electrons. The third-order valence-corrected chi connectivity index (χ3v) is 9.98. The van der Waals surface area contributed by atoms with Gasteiger partial charge in [0.25, 0.3) is 5.79 Å². The van der Waals surface area contributed by atoms with Gasteiger partial charge in [-0.2, -0.15) is 0 Å². The van der Waals surface area contributed by atoms with Crippen LogP contribution in [0.4, 0.5) is 0 Å². The van der Waals surface area contributed by atoms with E-state index in [-0.39, 0.29) is 0 Å². The molecule has 4 aliphatic heterocycles. The molecule has 4 fully saturated rings. The highest BCUT2D eigenvalue weighted by molar-refractivity contribution is 5.76. The highest BCUT2D eigenvalue weighted by atomic mass is 16.8. The molecule has 0 bridgehead atoms. The van der Waals surface area contributed by atoms with Gasteiger partial charge >= 0.3 is 5.97 Å². The van der Waals surface area contributed by atoms with Gasteiger partial charge in [-0.15, -0.1) is 0 Å². The molecule has 0 aliphatic carbocycles. The summed E-state index contributed by atoms with van der Waals surface area (Å²) in [5.41, 5.74) is 0. The first-order chi connectivity index (χ1) is 26.7. The van der Waals surface area contributed by atoms with Crippen molar-refractivity contribution in [3.05, 3.63) is 0 Å². The lowest BCUT2D eigenvalue weighted by Gasteiger charge is -2.51. The molecule has 2 amide bonds. The van der Waals surface area contributed by atoms with Gasteiger partial charge in [-0.25, -0.2) is 4.79 Å². The maximum atomic E-state index is 12.8. The third-order valence-electron chi connectivity index (χ3n) is 9.98. The van der Waals surface area contributed by atoms with Crippen molar-refractivity contribution < 1.29 is 119 Å². The van der Waals surface area contributed by atoms with Gasteiger partial charge in [0.1, 0.15) is 91.5 Å². The van der Waals surface area contributed by atoms with Crippen LogP contribution in [-0.2, 0) is 47.5 Å². The Kier molecular flexibility index (Phi) is 16.4. The molecular weight excluding hydrogens is 784 g/mol. The van der Waals surface area contributed by atoms with Gasteiger partial charge in [0.2, 0.25) is 11.8 Å². The van der Waals surface area contributed by atoms with E-state index in [2.05, 4.69) is 10.6 Å². The van der Waals surface area contributed by atoms with Gasteiger partial charge in [0.15, 0.2) is 18.9 Å². The van der Waals surface area contributed by atoms with Crippen LogP contribution in [0.3, 0.4) is 0 Å². The average Bonchev–Trinajstić information content (AvgIpc) is 3.16. The van der Waals surface area contributed by atoms with Crippen molar-refractivity contribution >= 4 is 17.8 Å². The molecule has 16 N–H and O–H groups in total. The lowest BCUT2D eigenvalue weighted by Crippen LogP contribution is -2.71. The van der Waals surface area contributed by atoms with Gasteiger partial charge in [0.05, 0.1) is 38.6 Å². The molecule has 26 nitrogen and oxygen atoms in total. The van der Waals surface area contributed by atoms with Gasteiger partial charge in [-0.1, -0.05) is 0 Å². The Labute approximate surface area is 322 Å². The SMILES string of the molecule is CC(=O)N[C@H]1[C@H](OC2[C@@H](O)[C@H](O)[C@@H](CO)O[C@@H]2O)O[C@H](CO)[C@@H](O[C@@H]2O[C@H](CO)[C@H](O)[C@H](O[C@]3(C(=O)O)C[C@H](O)[C@@H](NC(C)=O)[C@H]([C@H](O)[C@H](O)CO)O3)[C@H]2O)[C@@H]1O. The van der Waals surface area contributed by atoms with Crippen molar-refractivity contribution in [2.24, 2.45) is 0 Å². The van der Waals surface area contributed by atoms with Gasteiger partial charge in [-0.3, -0.25) is 9.59 Å². The van der Waals surface area contributed by atoms with E-state index < -0.39 is 179 Å². The summed E-state index contributed by atoms with van der Waals surface area (Å²) < 4.78 is 38.9. The molecule has 4 heterocycles. The van der Waals surface area contributed by atoms with Crippen LogP contribution in [0.15, 0.2) is 0 Å². The smallest absolute Gasteiger partial charge is 0.364 e. The largest absolute Gasteiger partial charge is 0.477 e. The number of carbonyl (C=O) groups is 3. The van der Waals surface area contributed by atoms with Gasteiger partial charge in [-0.05, 0) is 0 Å². The number of hydrogen-bond donors (Lipinski definition) is 16. The molecule has 57 heavy (non-hydrogen) atoms. The monoisotopic (exact) mass is 836 g/mol. The highest BCUT2D eigenvalue weighted by Crippen LogP contribution is 2.38. The Bertz CT molecular complexity index is 1350. The highest BCUT2D eigenvalue weighted by Gasteiger charge is 2.60. The third kappa shape index (κ3) is 10.2. The summed E-state index contributed by atoms with van der Waals surface area (Å²) in [4.78, 5) is 36.9. The Hall–Kier alpha value is -2.39. The number of amides is 2. The van der Waals surface area contributed by atoms with E-state index in [0.29, 0.717) is 0 Å². The molecule has 0 aromatic heterocycles.